The van der Waals surface area contributed by atoms with Crippen LogP contribution >= 0.6 is 31.9 Å². The third kappa shape index (κ3) is 3.09. The monoisotopic (exact) mass is 376 g/mol. The molecule has 2 aromatic rings. The van der Waals surface area contributed by atoms with Gasteiger partial charge in [-0.05, 0) is 35.9 Å². The van der Waals surface area contributed by atoms with E-state index in [1.165, 1.54) is 12.1 Å². The second-order valence-electron chi connectivity index (χ2n) is 3.58. The van der Waals surface area contributed by atoms with Gasteiger partial charge >= 0.3 is 0 Å². The van der Waals surface area contributed by atoms with E-state index in [9.17, 15) is 8.78 Å². The maximum absolute atomic E-state index is 13.7. The van der Waals surface area contributed by atoms with Crippen LogP contribution in [0.4, 0.5) is 8.78 Å². The zero-order chi connectivity index (χ0) is 13.1. The summed E-state index contributed by atoms with van der Waals surface area (Å²) in [5, 5.41) is 0.387. The first kappa shape index (κ1) is 13.5. The average molecular weight is 378 g/mol. The molecule has 1 nitrogen and oxygen atoms in total. The highest BCUT2D eigenvalue weighted by molar-refractivity contribution is 9.10. The van der Waals surface area contributed by atoms with Crippen molar-refractivity contribution in [1.29, 1.82) is 0 Å². The molecule has 5 heteroatoms. The molecule has 0 amide bonds. The van der Waals surface area contributed by atoms with Gasteiger partial charge in [0.15, 0.2) is 17.4 Å². The molecule has 0 aliphatic rings. The summed E-state index contributed by atoms with van der Waals surface area (Å²) in [6, 6.07) is 9.27. The topological polar surface area (TPSA) is 9.23 Å². The first-order valence-corrected chi connectivity index (χ1v) is 6.99. The lowest BCUT2D eigenvalue weighted by atomic mass is 10.2. The zero-order valence-corrected chi connectivity index (χ0v) is 12.3. The van der Waals surface area contributed by atoms with Crippen LogP contribution in [0.25, 0.3) is 0 Å². The number of ether oxygens (including phenoxy) is 1. The standard InChI is InChI=1S/C13H8Br2F2O/c14-7-8-4-11(16)13(12(17)5-8)18-10-3-1-2-9(15)6-10/h1-6H,7H2. The molecule has 0 unspecified atom stereocenters. The van der Waals surface area contributed by atoms with E-state index in [1.807, 2.05) is 0 Å². The molecular weight excluding hydrogens is 370 g/mol. The van der Waals surface area contributed by atoms with Gasteiger partial charge in [0.1, 0.15) is 5.75 Å². The predicted octanol–water partition coefficient (Wildman–Crippen LogP) is 5.41. The maximum atomic E-state index is 13.7. The summed E-state index contributed by atoms with van der Waals surface area (Å²) in [7, 11) is 0. The number of benzene rings is 2. The fourth-order valence-corrected chi connectivity index (χ4v) is 2.14. The van der Waals surface area contributed by atoms with Crippen molar-refractivity contribution < 1.29 is 13.5 Å². The van der Waals surface area contributed by atoms with Crippen LogP contribution in [-0.4, -0.2) is 0 Å². The van der Waals surface area contributed by atoms with Gasteiger partial charge in [-0.25, -0.2) is 8.78 Å². The summed E-state index contributed by atoms with van der Waals surface area (Å²) in [6.07, 6.45) is 0. The number of hydrogen-bond acceptors (Lipinski definition) is 1. The molecule has 0 saturated heterocycles. The lowest BCUT2D eigenvalue weighted by molar-refractivity contribution is 0.406. The number of hydrogen-bond donors (Lipinski definition) is 0. The SMILES string of the molecule is Fc1cc(CBr)cc(F)c1Oc1cccc(Br)c1. The van der Waals surface area contributed by atoms with Gasteiger partial charge in [-0.3, -0.25) is 0 Å². The Kier molecular flexibility index (Phi) is 4.35. The van der Waals surface area contributed by atoms with Crippen molar-refractivity contribution in [1.82, 2.24) is 0 Å². The summed E-state index contributed by atoms with van der Waals surface area (Å²) in [5.41, 5.74) is 0.520. The van der Waals surface area contributed by atoms with Crippen LogP contribution in [0.3, 0.4) is 0 Å². The van der Waals surface area contributed by atoms with E-state index in [1.54, 1.807) is 24.3 Å². The van der Waals surface area contributed by atoms with Crippen molar-refractivity contribution in [3.05, 3.63) is 58.1 Å². The van der Waals surface area contributed by atoms with Crippen LogP contribution in [0.2, 0.25) is 0 Å². The van der Waals surface area contributed by atoms with E-state index in [2.05, 4.69) is 31.9 Å². The fraction of sp³-hybridized carbons (Fsp3) is 0.0769. The minimum absolute atomic E-state index is 0.369. The van der Waals surface area contributed by atoms with Gasteiger partial charge in [-0.1, -0.05) is 37.9 Å². The smallest absolute Gasteiger partial charge is 0.198 e. The third-order valence-electron chi connectivity index (χ3n) is 2.23. The quantitative estimate of drug-likeness (QED) is 0.649. The summed E-state index contributed by atoms with van der Waals surface area (Å²) in [6.45, 7) is 0. The number of rotatable bonds is 3. The van der Waals surface area contributed by atoms with Gasteiger partial charge in [-0.2, -0.15) is 0 Å². The Labute approximate surface area is 120 Å². The van der Waals surface area contributed by atoms with Crippen LogP contribution in [0.5, 0.6) is 11.5 Å². The number of halogens is 4. The second-order valence-corrected chi connectivity index (χ2v) is 5.06. The second kappa shape index (κ2) is 5.80. The molecule has 0 aliphatic heterocycles. The summed E-state index contributed by atoms with van der Waals surface area (Å²) < 4.78 is 33.4. The van der Waals surface area contributed by atoms with Gasteiger partial charge < -0.3 is 4.74 Å². The Morgan fingerprint density at radius 2 is 1.72 bits per heavy atom. The molecule has 94 valence electrons. The molecule has 0 aliphatic carbocycles. The Hall–Kier alpha value is -0.940. The van der Waals surface area contributed by atoms with Crippen molar-refractivity contribution in [2.45, 2.75) is 5.33 Å². The molecule has 2 aromatic carbocycles. The van der Waals surface area contributed by atoms with Crippen molar-refractivity contribution in [2.75, 3.05) is 0 Å². The van der Waals surface area contributed by atoms with E-state index < -0.39 is 17.4 Å². The largest absolute Gasteiger partial charge is 0.451 e. The van der Waals surface area contributed by atoms with Crippen molar-refractivity contribution >= 4 is 31.9 Å². The molecule has 0 aromatic heterocycles. The molecule has 2 rings (SSSR count). The Morgan fingerprint density at radius 3 is 2.28 bits per heavy atom. The Morgan fingerprint density at radius 1 is 1.06 bits per heavy atom. The van der Waals surface area contributed by atoms with Crippen LogP contribution in [0.15, 0.2) is 40.9 Å². The molecule has 0 atom stereocenters. The molecule has 0 N–H and O–H groups in total. The molecular formula is C13H8Br2F2O. The average Bonchev–Trinajstić information content (AvgIpc) is 2.33. The van der Waals surface area contributed by atoms with E-state index >= 15 is 0 Å². The summed E-state index contributed by atoms with van der Waals surface area (Å²) >= 11 is 6.41. The van der Waals surface area contributed by atoms with E-state index in [0.717, 1.165) is 4.47 Å². The van der Waals surface area contributed by atoms with Crippen LogP contribution in [-0.2, 0) is 5.33 Å². The Balaban J connectivity index is 2.35. The minimum Gasteiger partial charge on any atom is -0.451 e. The molecule has 0 spiro atoms. The normalized spacial score (nSPS) is 10.4. The molecule has 0 bridgehead atoms. The van der Waals surface area contributed by atoms with E-state index in [4.69, 9.17) is 4.74 Å². The van der Waals surface area contributed by atoms with Gasteiger partial charge in [0.25, 0.3) is 0 Å². The first-order valence-electron chi connectivity index (χ1n) is 5.07. The Bertz CT molecular complexity index is 550. The van der Waals surface area contributed by atoms with Gasteiger partial charge in [-0.15, -0.1) is 0 Å². The van der Waals surface area contributed by atoms with Crippen molar-refractivity contribution in [3.8, 4) is 11.5 Å². The van der Waals surface area contributed by atoms with Crippen molar-refractivity contribution in [2.24, 2.45) is 0 Å². The highest BCUT2D eigenvalue weighted by Gasteiger charge is 2.13. The maximum Gasteiger partial charge on any atom is 0.198 e. The molecule has 0 saturated carbocycles. The zero-order valence-electron chi connectivity index (χ0n) is 9.09. The first-order chi connectivity index (χ1) is 8.60. The van der Waals surface area contributed by atoms with Crippen molar-refractivity contribution in [3.63, 3.8) is 0 Å². The summed E-state index contributed by atoms with van der Waals surface area (Å²) in [5.74, 6) is -1.46. The minimum atomic E-state index is -0.718. The lowest BCUT2D eigenvalue weighted by Gasteiger charge is -2.09. The predicted molar refractivity (Wildman–Crippen MR) is 73.2 cm³/mol. The highest BCUT2D eigenvalue weighted by Crippen LogP contribution is 2.30. The van der Waals surface area contributed by atoms with Gasteiger partial charge in [0, 0.05) is 9.80 Å². The van der Waals surface area contributed by atoms with Crippen LogP contribution in [0, 0.1) is 11.6 Å². The highest BCUT2D eigenvalue weighted by atomic mass is 79.9. The molecule has 0 fully saturated rings. The van der Waals surface area contributed by atoms with Gasteiger partial charge in [0.05, 0.1) is 0 Å². The van der Waals surface area contributed by atoms with Crippen LogP contribution in [0.1, 0.15) is 5.56 Å². The molecule has 0 radical (unpaired) electrons. The van der Waals surface area contributed by atoms with E-state index in [0.29, 0.717) is 16.6 Å². The van der Waals surface area contributed by atoms with Gasteiger partial charge in [0.2, 0.25) is 0 Å². The number of alkyl halides is 1. The summed E-state index contributed by atoms with van der Waals surface area (Å²) in [4.78, 5) is 0. The lowest BCUT2D eigenvalue weighted by Crippen LogP contribution is -1.94. The molecule has 0 heterocycles. The fourth-order valence-electron chi connectivity index (χ4n) is 1.44. The van der Waals surface area contributed by atoms with Crippen LogP contribution < -0.4 is 4.74 Å². The molecule has 18 heavy (non-hydrogen) atoms. The van der Waals surface area contributed by atoms with E-state index in [-0.39, 0.29) is 0 Å². The third-order valence-corrected chi connectivity index (χ3v) is 3.37.